The molecule has 65 heavy (non-hydrogen) atoms. The monoisotopic (exact) mass is 844 g/mol. The smallest absolute Gasteiger partial charge is 0.0617 e. The average Bonchev–Trinajstić information content (AvgIpc) is 3.31. The van der Waals surface area contributed by atoms with Crippen molar-refractivity contribution in [2.75, 3.05) is 9.80 Å². The van der Waals surface area contributed by atoms with Crippen molar-refractivity contribution >= 4 is 66.3 Å². The van der Waals surface area contributed by atoms with Crippen LogP contribution in [0.2, 0.25) is 0 Å². The van der Waals surface area contributed by atoms with Crippen molar-refractivity contribution in [2.24, 2.45) is 5.41 Å². The van der Waals surface area contributed by atoms with E-state index in [4.69, 9.17) is 0 Å². The van der Waals surface area contributed by atoms with Crippen LogP contribution in [0.5, 0.6) is 0 Å². The minimum absolute atomic E-state index is 0.0282. The van der Waals surface area contributed by atoms with Crippen LogP contribution in [0.3, 0.4) is 0 Å². The zero-order valence-corrected chi connectivity index (χ0v) is 39.4. The number of hydrogen-bond acceptors (Lipinski definition) is 2. The Bertz CT molecular complexity index is 3280. The topological polar surface area (TPSA) is 6.48 Å². The van der Waals surface area contributed by atoms with Gasteiger partial charge in [0.2, 0.25) is 0 Å². The highest BCUT2D eigenvalue weighted by Crippen LogP contribution is 2.52. The van der Waals surface area contributed by atoms with Gasteiger partial charge in [-0.1, -0.05) is 193 Å². The van der Waals surface area contributed by atoms with E-state index in [0.29, 0.717) is 5.92 Å². The Morgan fingerprint density at radius 2 is 0.923 bits per heavy atom. The molecule has 322 valence electrons. The maximum atomic E-state index is 2.68. The first-order valence-electron chi connectivity index (χ1n) is 23.5. The number of aryl methyl sites for hydroxylation is 3. The van der Waals surface area contributed by atoms with Crippen molar-refractivity contribution in [3.63, 3.8) is 0 Å². The normalized spacial score (nSPS) is 14.8. The molecule has 0 amide bonds. The molecule has 1 aliphatic carbocycles. The van der Waals surface area contributed by atoms with Crippen molar-refractivity contribution in [1.29, 1.82) is 0 Å². The van der Waals surface area contributed by atoms with E-state index in [9.17, 15) is 0 Å². The highest BCUT2D eigenvalue weighted by Gasteiger charge is 2.37. The summed E-state index contributed by atoms with van der Waals surface area (Å²) in [5.41, 5.74) is 17.3. The molecule has 2 heteroatoms. The van der Waals surface area contributed by atoms with Gasteiger partial charge in [-0.05, 0) is 135 Å². The minimum atomic E-state index is -0.180. The number of para-hydroxylation sites is 2. The number of benzene rings is 9. The van der Waals surface area contributed by atoms with E-state index in [2.05, 4.69) is 254 Å². The second-order valence-corrected chi connectivity index (χ2v) is 19.6. The fraction of sp³-hybridized carbons (Fsp3) is 0.206. The summed E-state index contributed by atoms with van der Waals surface area (Å²) in [5, 5.41) is 7.89. The predicted octanol–water partition coefficient (Wildman–Crippen LogP) is 18.1. The molecule has 0 aliphatic heterocycles. The third-order valence-electron chi connectivity index (χ3n) is 14.1. The first kappa shape index (κ1) is 42.1. The van der Waals surface area contributed by atoms with Gasteiger partial charge in [-0.25, -0.2) is 0 Å². The van der Waals surface area contributed by atoms with E-state index in [0.717, 1.165) is 0 Å². The van der Waals surface area contributed by atoms with Crippen LogP contribution in [0.15, 0.2) is 182 Å². The summed E-state index contributed by atoms with van der Waals surface area (Å²) in [4.78, 5) is 5.24. The molecule has 0 N–H and O–H groups in total. The molecule has 2 nitrogen and oxygen atoms in total. The lowest BCUT2D eigenvalue weighted by atomic mass is 9.76. The lowest BCUT2D eigenvalue weighted by Crippen LogP contribution is -2.42. The number of allylic oxidation sites excluding steroid dienone is 2. The third-order valence-corrected chi connectivity index (χ3v) is 14.1. The fourth-order valence-corrected chi connectivity index (χ4v) is 10.5. The second-order valence-electron chi connectivity index (χ2n) is 19.6. The van der Waals surface area contributed by atoms with E-state index in [-0.39, 0.29) is 17.4 Å². The van der Waals surface area contributed by atoms with Crippen LogP contribution in [0.1, 0.15) is 86.8 Å². The summed E-state index contributed by atoms with van der Waals surface area (Å²) in [6, 6.07) is 61.3. The summed E-state index contributed by atoms with van der Waals surface area (Å²) < 4.78 is 0. The molecule has 10 rings (SSSR count). The van der Waals surface area contributed by atoms with Crippen LogP contribution in [-0.4, -0.2) is 6.04 Å². The van der Waals surface area contributed by atoms with Gasteiger partial charge in [0.1, 0.15) is 0 Å². The van der Waals surface area contributed by atoms with Gasteiger partial charge in [0.15, 0.2) is 0 Å². The van der Waals surface area contributed by atoms with Gasteiger partial charge in [-0.15, -0.1) is 0 Å². The molecule has 0 saturated carbocycles. The quantitative estimate of drug-likeness (QED) is 0.127. The van der Waals surface area contributed by atoms with Crippen molar-refractivity contribution in [3.05, 3.63) is 215 Å². The molecular weight excluding hydrogens is 785 g/mol. The molecule has 0 aromatic heterocycles. The van der Waals surface area contributed by atoms with Crippen LogP contribution < -0.4 is 9.80 Å². The van der Waals surface area contributed by atoms with Crippen LogP contribution in [0, 0.1) is 26.2 Å². The number of anilines is 5. The van der Waals surface area contributed by atoms with E-state index in [1.165, 1.54) is 111 Å². The molecule has 0 fully saturated rings. The minimum Gasteiger partial charge on any atom is -0.333 e. The Balaban J connectivity index is 1.32. The SMILES string of the molecule is Cc1ccccc1N(c1cc(-c2ccccc2)ccc1C)c1cc(C(C)C)c2ccc3c(N(c4ccccc4C)C4C=C(c5ccccc5)C=CC4(C)C)cc(C(C)C)c4ccc1c2c43. The van der Waals surface area contributed by atoms with Crippen LogP contribution >= 0.6 is 0 Å². The Morgan fingerprint density at radius 1 is 0.431 bits per heavy atom. The molecule has 0 bridgehead atoms. The Labute approximate surface area is 386 Å². The molecule has 0 heterocycles. The lowest BCUT2D eigenvalue weighted by molar-refractivity contribution is 0.417. The second kappa shape index (κ2) is 16.6. The van der Waals surface area contributed by atoms with E-state index in [1.54, 1.807) is 0 Å². The molecule has 0 radical (unpaired) electrons. The van der Waals surface area contributed by atoms with Crippen LogP contribution in [0.25, 0.3) is 49.0 Å². The molecule has 1 unspecified atom stereocenters. The Morgan fingerprint density at radius 3 is 1.51 bits per heavy atom. The number of rotatable bonds is 10. The van der Waals surface area contributed by atoms with Gasteiger partial charge in [0, 0.05) is 38.9 Å². The van der Waals surface area contributed by atoms with Crippen LogP contribution in [0.4, 0.5) is 28.4 Å². The maximum absolute atomic E-state index is 2.68. The molecule has 9 aromatic rings. The first-order valence-corrected chi connectivity index (χ1v) is 23.5. The van der Waals surface area contributed by atoms with Crippen molar-refractivity contribution in [3.8, 4) is 11.1 Å². The first-order chi connectivity index (χ1) is 31.4. The van der Waals surface area contributed by atoms with Crippen molar-refractivity contribution < 1.29 is 0 Å². The van der Waals surface area contributed by atoms with Gasteiger partial charge in [0.25, 0.3) is 0 Å². The fourth-order valence-electron chi connectivity index (χ4n) is 10.5. The molecule has 1 aliphatic rings. The van der Waals surface area contributed by atoms with Crippen molar-refractivity contribution in [1.82, 2.24) is 0 Å². The molecule has 1 atom stereocenters. The largest absolute Gasteiger partial charge is 0.333 e. The Hall–Kier alpha value is -6.90. The maximum Gasteiger partial charge on any atom is 0.0617 e. The Kier molecular flexibility index (Phi) is 10.7. The summed E-state index contributed by atoms with van der Waals surface area (Å²) in [5.74, 6) is 0.584. The summed E-state index contributed by atoms with van der Waals surface area (Å²) in [6.45, 7) is 21.0. The molecule has 0 saturated heterocycles. The molecule has 9 aromatic carbocycles. The number of nitrogens with zero attached hydrogens (tertiary/aromatic N) is 2. The highest BCUT2D eigenvalue weighted by molar-refractivity contribution is 6.29. The third kappa shape index (κ3) is 7.30. The summed E-state index contributed by atoms with van der Waals surface area (Å²) in [7, 11) is 0. The van der Waals surface area contributed by atoms with Crippen molar-refractivity contribution in [2.45, 2.75) is 80.2 Å². The van der Waals surface area contributed by atoms with Gasteiger partial charge < -0.3 is 9.80 Å². The summed E-state index contributed by atoms with van der Waals surface area (Å²) >= 11 is 0. The molecular formula is C63H60N2. The molecule has 0 spiro atoms. The van der Waals surface area contributed by atoms with Gasteiger partial charge in [-0.2, -0.15) is 0 Å². The van der Waals surface area contributed by atoms with Gasteiger partial charge in [0.05, 0.1) is 11.7 Å². The zero-order chi connectivity index (χ0) is 45.1. The predicted molar refractivity (Wildman–Crippen MR) is 282 cm³/mol. The average molecular weight is 845 g/mol. The van der Waals surface area contributed by atoms with E-state index in [1.807, 2.05) is 0 Å². The standard InChI is InChI=1S/C63H60N2/c1-40(2)53-38-58(64(55-26-18-16-20-42(55)5)57-36-47(29-28-44(57)7)45-22-12-10-13-23-45)51-32-30-50-54(41(3)4)39-59(52-33-31-49(53)61(51)62(50)52)65(56-27-19-17-21-43(56)6)60-37-48(34-35-63(60,8)9)46-24-14-11-15-25-46/h10-41,60H,1-9H3. The van der Waals surface area contributed by atoms with E-state index >= 15 is 0 Å². The lowest BCUT2D eigenvalue weighted by Gasteiger charge is -2.44. The summed E-state index contributed by atoms with van der Waals surface area (Å²) in [6.07, 6.45) is 7.29. The zero-order valence-electron chi connectivity index (χ0n) is 39.4. The van der Waals surface area contributed by atoms with Gasteiger partial charge >= 0.3 is 0 Å². The van der Waals surface area contributed by atoms with E-state index < -0.39 is 0 Å². The van der Waals surface area contributed by atoms with Gasteiger partial charge in [-0.3, -0.25) is 0 Å². The number of hydrogen-bond donors (Lipinski definition) is 0. The highest BCUT2D eigenvalue weighted by atomic mass is 15.2. The van der Waals surface area contributed by atoms with Crippen LogP contribution in [-0.2, 0) is 0 Å².